The molecule has 0 heterocycles. The summed E-state index contributed by atoms with van der Waals surface area (Å²) in [5, 5.41) is 0. The molecule has 4 rings (SSSR count). The van der Waals surface area contributed by atoms with E-state index in [1.165, 1.54) is 11.1 Å². The van der Waals surface area contributed by atoms with Gasteiger partial charge in [-0.25, -0.2) is 0 Å². The molecular formula is C32H28. The lowest BCUT2D eigenvalue weighted by Crippen LogP contribution is -1.86. The number of benzene rings is 4. The van der Waals surface area contributed by atoms with Crippen LogP contribution in [0.25, 0.3) is 23.3 Å². The first-order valence-corrected chi connectivity index (χ1v) is 10.7. The van der Waals surface area contributed by atoms with Gasteiger partial charge in [-0.15, -0.1) is 0 Å². The molecule has 0 nitrogen and oxygen atoms in total. The van der Waals surface area contributed by atoms with Gasteiger partial charge in [0.1, 0.15) is 0 Å². The zero-order valence-corrected chi connectivity index (χ0v) is 18.3. The van der Waals surface area contributed by atoms with Gasteiger partial charge in [-0.05, 0) is 33.4 Å². The Balaban J connectivity index is 0.000000181. The van der Waals surface area contributed by atoms with Gasteiger partial charge in [-0.2, -0.15) is 0 Å². The highest BCUT2D eigenvalue weighted by molar-refractivity contribution is 6.02. The van der Waals surface area contributed by atoms with E-state index in [0.29, 0.717) is 0 Å². The molecule has 0 atom stereocenters. The van der Waals surface area contributed by atoms with Crippen molar-refractivity contribution in [3.63, 3.8) is 0 Å². The van der Waals surface area contributed by atoms with Crippen molar-refractivity contribution in [2.75, 3.05) is 0 Å². The molecule has 4 aromatic carbocycles. The zero-order chi connectivity index (χ0) is 22.4. The Morgan fingerprint density at radius 3 is 1.00 bits per heavy atom. The highest BCUT2D eigenvalue weighted by Crippen LogP contribution is 2.27. The molecule has 0 aliphatic carbocycles. The summed E-state index contributed by atoms with van der Waals surface area (Å²) in [4.78, 5) is 0. The number of hydrogen-bond donors (Lipinski definition) is 0. The molecule has 0 bridgehead atoms. The molecule has 32 heavy (non-hydrogen) atoms. The molecule has 0 amide bonds. The summed E-state index contributed by atoms with van der Waals surface area (Å²) < 4.78 is 0. The lowest BCUT2D eigenvalue weighted by molar-refractivity contribution is 1.60. The maximum atomic E-state index is 4.10. The molecule has 156 valence electrons. The summed E-state index contributed by atoms with van der Waals surface area (Å²) in [7, 11) is 0. The second kappa shape index (κ2) is 12.5. The zero-order valence-electron chi connectivity index (χ0n) is 18.3. The fourth-order valence-electron chi connectivity index (χ4n) is 3.09. The molecule has 0 aliphatic rings. The lowest BCUT2D eigenvalue weighted by atomic mass is 9.95. The van der Waals surface area contributed by atoms with E-state index in [4.69, 9.17) is 0 Å². The Bertz CT molecular complexity index is 1050. The van der Waals surface area contributed by atoms with Crippen LogP contribution in [-0.4, -0.2) is 0 Å². The molecule has 0 aliphatic heterocycles. The van der Waals surface area contributed by atoms with Gasteiger partial charge in [-0.1, -0.05) is 159 Å². The van der Waals surface area contributed by atoms with Crippen LogP contribution in [0.2, 0.25) is 0 Å². The summed E-state index contributed by atoms with van der Waals surface area (Å²) in [6.07, 6.45) is 8.31. The summed E-state index contributed by atoms with van der Waals surface area (Å²) in [6.45, 7) is 8.20. The highest BCUT2D eigenvalue weighted by Gasteiger charge is 2.04. The SMILES string of the molecule is C(C=Cc1ccccc1)=Cc1ccccc1.C=C(C(=C)c1ccccc1)c1ccccc1. The number of allylic oxidation sites excluding steroid dienone is 4. The molecule has 4 aromatic rings. The molecule has 0 saturated heterocycles. The van der Waals surface area contributed by atoms with Crippen LogP contribution in [0, 0.1) is 0 Å². The van der Waals surface area contributed by atoms with Crippen molar-refractivity contribution >= 4 is 23.3 Å². The third-order valence-corrected chi connectivity index (χ3v) is 4.90. The van der Waals surface area contributed by atoms with Crippen molar-refractivity contribution in [2.24, 2.45) is 0 Å². The average Bonchev–Trinajstić information content (AvgIpc) is 2.88. The fraction of sp³-hybridized carbons (Fsp3) is 0. The summed E-state index contributed by atoms with van der Waals surface area (Å²) in [5.41, 5.74) is 6.65. The standard InChI is InChI=1S/2C16H14/c1-13(15-9-5-3-6-10-15)14(2)16-11-7-4-8-12-16;1-3-9-15(10-4-1)13-7-8-14-16-11-5-2-6-12-16/h3-12H,1-2H2;1-14H. The predicted octanol–water partition coefficient (Wildman–Crippen LogP) is 8.83. The van der Waals surface area contributed by atoms with Gasteiger partial charge in [0.2, 0.25) is 0 Å². The maximum Gasteiger partial charge on any atom is -0.0183 e. The van der Waals surface area contributed by atoms with Gasteiger partial charge in [-0.3, -0.25) is 0 Å². The Morgan fingerprint density at radius 2 is 0.688 bits per heavy atom. The third kappa shape index (κ3) is 7.27. The third-order valence-electron chi connectivity index (χ3n) is 4.90. The number of rotatable bonds is 6. The largest absolute Gasteiger partial charge is 0.0906 e. The topological polar surface area (TPSA) is 0 Å². The van der Waals surface area contributed by atoms with Gasteiger partial charge in [0, 0.05) is 0 Å². The van der Waals surface area contributed by atoms with E-state index in [0.717, 1.165) is 22.3 Å². The van der Waals surface area contributed by atoms with Crippen molar-refractivity contribution in [1.29, 1.82) is 0 Å². The van der Waals surface area contributed by atoms with E-state index in [-0.39, 0.29) is 0 Å². The van der Waals surface area contributed by atoms with Crippen molar-refractivity contribution < 1.29 is 0 Å². The van der Waals surface area contributed by atoms with E-state index >= 15 is 0 Å². The first-order chi connectivity index (χ1) is 15.7. The smallest absolute Gasteiger partial charge is 0.0183 e. The molecule has 0 aromatic heterocycles. The molecular weight excluding hydrogens is 384 g/mol. The normalized spacial score (nSPS) is 10.5. The van der Waals surface area contributed by atoms with E-state index < -0.39 is 0 Å². The minimum absolute atomic E-state index is 0.979. The minimum atomic E-state index is 0.979. The van der Waals surface area contributed by atoms with Crippen LogP contribution in [-0.2, 0) is 0 Å². The van der Waals surface area contributed by atoms with Gasteiger partial charge >= 0.3 is 0 Å². The fourth-order valence-corrected chi connectivity index (χ4v) is 3.09. The van der Waals surface area contributed by atoms with E-state index in [9.17, 15) is 0 Å². The first-order valence-electron chi connectivity index (χ1n) is 10.7. The maximum absolute atomic E-state index is 4.10. The molecule has 0 saturated carbocycles. The van der Waals surface area contributed by atoms with Crippen LogP contribution in [0.15, 0.2) is 147 Å². The van der Waals surface area contributed by atoms with Crippen molar-refractivity contribution in [2.45, 2.75) is 0 Å². The van der Waals surface area contributed by atoms with Crippen LogP contribution in [0.1, 0.15) is 22.3 Å². The highest BCUT2D eigenvalue weighted by atomic mass is 14.1. The lowest BCUT2D eigenvalue weighted by Gasteiger charge is -2.09. The quantitative estimate of drug-likeness (QED) is 0.277. The van der Waals surface area contributed by atoms with Gasteiger partial charge < -0.3 is 0 Å². The number of hydrogen-bond acceptors (Lipinski definition) is 0. The van der Waals surface area contributed by atoms with E-state index in [1.807, 2.05) is 72.8 Å². The summed E-state index contributed by atoms with van der Waals surface area (Å²) in [5.74, 6) is 0. The predicted molar refractivity (Wildman–Crippen MR) is 142 cm³/mol. The molecule has 0 unspecified atom stereocenters. The monoisotopic (exact) mass is 412 g/mol. The second-order valence-corrected chi connectivity index (χ2v) is 7.23. The van der Waals surface area contributed by atoms with Gasteiger partial charge in [0.25, 0.3) is 0 Å². The Morgan fingerprint density at radius 1 is 0.406 bits per heavy atom. The minimum Gasteiger partial charge on any atom is -0.0906 e. The molecule has 0 fully saturated rings. The first kappa shape index (κ1) is 22.5. The molecule has 0 heteroatoms. The van der Waals surface area contributed by atoms with E-state index in [2.05, 4.69) is 86.0 Å². The Hall–Kier alpha value is -4.16. The molecule has 0 radical (unpaired) electrons. The van der Waals surface area contributed by atoms with Crippen LogP contribution in [0.3, 0.4) is 0 Å². The van der Waals surface area contributed by atoms with E-state index in [1.54, 1.807) is 0 Å². The van der Waals surface area contributed by atoms with Crippen LogP contribution in [0.5, 0.6) is 0 Å². The van der Waals surface area contributed by atoms with Gasteiger partial charge in [0.15, 0.2) is 0 Å². The van der Waals surface area contributed by atoms with Crippen molar-refractivity contribution in [3.8, 4) is 0 Å². The van der Waals surface area contributed by atoms with Crippen LogP contribution >= 0.6 is 0 Å². The van der Waals surface area contributed by atoms with Crippen LogP contribution < -0.4 is 0 Å². The Labute approximate surface area is 192 Å². The molecule has 0 spiro atoms. The summed E-state index contributed by atoms with van der Waals surface area (Å²) in [6, 6.07) is 40.8. The molecule has 0 N–H and O–H groups in total. The van der Waals surface area contributed by atoms with Crippen molar-refractivity contribution in [3.05, 3.63) is 169 Å². The van der Waals surface area contributed by atoms with Crippen molar-refractivity contribution in [1.82, 2.24) is 0 Å². The second-order valence-electron chi connectivity index (χ2n) is 7.23. The van der Waals surface area contributed by atoms with Crippen LogP contribution in [0.4, 0.5) is 0 Å². The average molecular weight is 413 g/mol. The Kier molecular flexibility index (Phi) is 8.81. The van der Waals surface area contributed by atoms with Gasteiger partial charge in [0.05, 0.1) is 0 Å². The summed E-state index contributed by atoms with van der Waals surface area (Å²) >= 11 is 0.